The fraction of sp³-hybridized carbons (Fsp3) is 0.235. The number of ketones is 1. The van der Waals surface area contributed by atoms with Crippen LogP contribution in [0.5, 0.6) is 5.75 Å². The van der Waals surface area contributed by atoms with Crippen molar-refractivity contribution in [2.75, 3.05) is 6.61 Å². The van der Waals surface area contributed by atoms with Gasteiger partial charge in [-0.25, -0.2) is 0 Å². The molecule has 3 nitrogen and oxygen atoms in total. The average Bonchev–Trinajstić information content (AvgIpc) is 2.52. The lowest BCUT2D eigenvalue weighted by atomic mass is 9.99. The van der Waals surface area contributed by atoms with Gasteiger partial charge in [-0.3, -0.25) is 4.79 Å². The molecule has 0 aliphatic heterocycles. The Labute approximate surface area is 118 Å². The Morgan fingerprint density at radius 3 is 2.45 bits per heavy atom. The van der Waals surface area contributed by atoms with Crippen LogP contribution in [0, 0.1) is 0 Å². The topological polar surface area (TPSA) is 46.5 Å². The van der Waals surface area contributed by atoms with E-state index in [2.05, 4.69) is 0 Å². The molecule has 2 rings (SSSR count). The minimum Gasteiger partial charge on any atom is -0.493 e. The number of aliphatic hydroxyl groups is 1. The molecule has 104 valence electrons. The summed E-state index contributed by atoms with van der Waals surface area (Å²) < 4.78 is 5.56. The number of para-hydroxylation sites is 1. The van der Waals surface area contributed by atoms with E-state index in [1.54, 1.807) is 42.5 Å². The molecule has 2 aromatic rings. The summed E-state index contributed by atoms with van der Waals surface area (Å²) in [7, 11) is 0. The summed E-state index contributed by atoms with van der Waals surface area (Å²) in [4.78, 5) is 12.4. The highest BCUT2D eigenvalue weighted by Crippen LogP contribution is 2.25. The largest absolute Gasteiger partial charge is 0.493 e. The fourth-order valence-electron chi connectivity index (χ4n) is 1.94. The van der Waals surface area contributed by atoms with Crippen LogP contribution in [-0.2, 0) is 0 Å². The summed E-state index contributed by atoms with van der Waals surface area (Å²) in [6.45, 7) is 2.55. The second-order valence-electron chi connectivity index (χ2n) is 4.52. The Balaban J connectivity index is 2.25. The van der Waals surface area contributed by atoms with Crippen LogP contribution in [0.2, 0.25) is 0 Å². The Hall–Kier alpha value is -2.13. The SMILES string of the molecule is CCCOc1ccccc1C(=O)C(O)c1ccccc1. The molecule has 3 heteroatoms. The number of ether oxygens (including phenoxy) is 1. The molecule has 0 saturated heterocycles. The van der Waals surface area contributed by atoms with Gasteiger partial charge < -0.3 is 9.84 Å². The molecule has 1 unspecified atom stereocenters. The van der Waals surface area contributed by atoms with Gasteiger partial charge in [0.05, 0.1) is 12.2 Å². The summed E-state index contributed by atoms with van der Waals surface area (Å²) in [5.41, 5.74) is 1.00. The van der Waals surface area contributed by atoms with Gasteiger partial charge >= 0.3 is 0 Å². The van der Waals surface area contributed by atoms with Gasteiger partial charge in [-0.2, -0.15) is 0 Å². The van der Waals surface area contributed by atoms with Crippen LogP contribution < -0.4 is 4.74 Å². The van der Waals surface area contributed by atoms with E-state index in [0.717, 1.165) is 6.42 Å². The van der Waals surface area contributed by atoms with Gasteiger partial charge in [0.15, 0.2) is 5.78 Å². The van der Waals surface area contributed by atoms with Crippen LogP contribution in [0.15, 0.2) is 54.6 Å². The number of aliphatic hydroxyl groups excluding tert-OH is 1. The molecule has 1 N–H and O–H groups in total. The van der Waals surface area contributed by atoms with Crippen LogP contribution in [0.1, 0.15) is 35.4 Å². The van der Waals surface area contributed by atoms with Gasteiger partial charge in [-0.15, -0.1) is 0 Å². The van der Waals surface area contributed by atoms with Crippen molar-refractivity contribution in [2.24, 2.45) is 0 Å². The third-order valence-electron chi connectivity index (χ3n) is 2.98. The molecule has 20 heavy (non-hydrogen) atoms. The summed E-state index contributed by atoms with van der Waals surface area (Å²) in [5, 5.41) is 10.2. The van der Waals surface area contributed by atoms with Crippen molar-refractivity contribution in [2.45, 2.75) is 19.4 Å². The van der Waals surface area contributed by atoms with Crippen molar-refractivity contribution in [1.82, 2.24) is 0 Å². The van der Waals surface area contributed by atoms with Gasteiger partial charge in [0.1, 0.15) is 11.9 Å². The van der Waals surface area contributed by atoms with Crippen LogP contribution in [-0.4, -0.2) is 17.5 Å². The van der Waals surface area contributed by atoms with Gasteiger partial charge in [0.25, 0.3) is 0 Å². The minimum atomic E-state index is -1.16. The minimum absolute atomic E-state index is 0.345. The Kier molecular flexibility index (Phi) is 4.91. The number of benzene rings is 2. The molecule has 0 saturated carbocycles. The first-order valence-corrected chi connectivity index (χ1v) is 6.73. The van der Waals surface area contributed by atoms with E-state index in [0.29, 0.717) is 23.5 Å². The number of rotatable bonds is 6. The van der Waals surface area contributed by atoms with Crippen molar-refractivity contribution in [3.63, 3.8) is 0 Å². The third kappa shape index (κ3) is 3.25. The number of hydrogen-bond donors (Lipinski definition) is 1. The first kappa shape index (κ1) is 14.3. The molecule has 0 fully saturated rings. The maximum absolute atomic E-state index is 12.4. The molecule has 1 atom stereocenters. The Morgan fingerprint density at radius 1 is 1.10 bits per heavy atom. The molecular weight excluding hydrogens is 252 g/mol. The Bertz CT molecular complexity index is 563. The quantitative estimate of drug-likeness (QED) is 0.818. The van der Waals surface area contributed by atoms with Crippen molar-refractivity contribution in [1.29, 1.82) is 0 Å². The zero-order valence-electron chi connectivity index (χ0n) is 11.5. The molecule has 0 aromatic heterocycles. The van der Waals surface area contributed by atoms with E-state index in [9.17, 15) is 9.90 Å². The second-order valence-corrected chi connectivity index (χ2v) is 4.52. The number of carbonyl (C=O) groups excluding carboxylic acids is 1. The predicted molar refractivity (Wildman–Crippen MR) is 78.0 cm³/mol. The highest BCUT2D eigenvalue weighted by atomic mass is 16.5. The van der Waals surface area contributed by atoms with Gasteiger partial charge in [-0.05, 0) is 24.1 Å². The van der Waals surface area contributed by atoms with Crippen LogP contribution >= 0.6 is 0 Å². The maximum Gasteiger partial charge on any atom is 0.199 e. The van der Waals surface area contributed by atoms with E-state index in [1.807, 2.05) is 19.1 Å². The number of carbonyl (C=O) groups is 1. The van der Waals surface area contributed by atoms with Crippen molar-refractivity contribution in [3.8, 4) is 5.75 Å². The van der Waals surface area contributed by atoms with Crippen LogP contribution in [0.25, 0.3) is 0 Å². The van der Waals surface area contributed by atoms with Crippen LogP contribution in [0.4, 0.5) is 0 Å². The van der Waals surface area contributed by atoms with E-state index < -0.39 is 6.10 Å². The van der Waals surface area contributed by atoms with E-state index in [1.165, 1.54) is 0 Å². The van der Waals surface area contributed by atoms with E-state index in [-0.39, 0.29) is 5.78 Å². The second kappa shape index (κ2) is 6.87. The Morgan fingerprint density at radius 2 is 1.75 bits per heavy atom. The first-order valence-electron chi connectivity index (χ1n) is 6.73. The normalized spacial score (nSPS) is 11.9. The molecule has 0 radical (unpaired) electrons. The molecule has 0 amide bonds. The molecule has 0 bridgehead atoms. The van der Waals surface area contributed by atoms with Crippen molar-refractivity contribution < 1.29 is 14.6 Å². The lowest BCUT2D eigenvalue weighted by Gasteiger charge is -2.13. The third-order valence-corrected chi connectivity index (χ3v) is 2.98. The first-order chi connectivity index (χ1) is 9.74. The maximum atomic E-state index is 12.4. The lowest BCUT2D eigenvalue weighted by Crippen LogP contribution is -2.14. The summed E-state index contributed by atoms with van der Waals surface area (Å²) >= 11 is 0. The van der Waals surface area contributed by atoms with Crippen molar-refractivity contribution in [3.05, 3.63) is 65.7 Å². The predicted octanol–water partition coefficient (Wildman–Crippen LogP) is 3.39. The monoisotopic (exact) mass is 270 g/mol. The van der Waals surface area contributed by atoms with Crippen LogP contribution in [0.3, 0.4) is 0 Å². The van der Waals surface area contributed by atoms with Gasteiger partial charge in [-0.1, -0.05) is 49.4 Å². The van der Waals surface area contributed by atoms with E-state index >= 15 is 0 Å². The molecule has 0 spiro atoms. The summed E-state index contributed by atoms with van der Waals surface area (Å²) in [6.07, 6.45) is -0.299. The molecular formula is C17H18O3. The summed E-state index contributed by atoms with van der Waals surface area (Å²) in [5.74, 6) is 0.178. The van der Waals surface area contributed by atoms with E-state index in [4.69, 9.17) is 4.74 Å². The highest BCUT2D eigenvalue weighted by molar-refractivity contribution is 6.02. The standard InChI is InChI=1S/C17H18O3/c1-2-12-20-15-11-7-6-10-14(15)17(19)16(18)13-8-4-3-5-9-13/h3-11,16,18H,2,12H2,1H3. The molecule has 0 aliphatic rings. The molecule has 0 aliphatic carbocycles. The molecule has 2 aromatic carbocycles. The molecule has 0 heterocycles. The fourth-order valence-corrected chi connectivity index (χ4v) is 1.94. The van der Waals surface area contributed by atoms with Gasteiger partial charge in [0, 0.05) is 0 Å². The zero-order chi connectivity index (χ0) is 14.4. The van der Waals surface area contributed by atoms with Gasteiger partial charge in [0.2, 0.25) is 0 Å². The smallest absolute Gasteiger partial charge is 0.199 e. The average molecular weight is 270 g/mol. The number of hydrogen-bond acceptors (Lipinski definition) is 3. The van der Waals surface area contributed by atoms with Crippen molar-refractivity contribution >= 4 is 5.78 Å². The number of Topliss-reactive ketones (excluding diaryl/α,β-unsaturated/α-hetero) is 1. The lowest BCUT2D eigenvalue weighted by molar-refractivity contribution is 0.0743. The summed E-state index contributed by atoms with van der Waals surface area (Å²) in [6, 6.07) is 15.9. The highest BCUT2D eigenvalue weighted by Gasteiger charge is 2.21. The zero-order valence-corrected chi connectivity index (χ0v) is 11.5.